The average Bonchev–Trinajstić information content (AvgIpc) is 0.816. The highest BCUT2D eigenvalue weighted by Crippen LogP contribution is 2.42. The third-order valence-corrected chi connectivity index (χ3v) is 13.8. The normalized spacial score (nSPS) is 13.2. The van der Waals surface area contributed by atoms with Gasteiger partial charge in [-0.15, -0.1) is 0 Å². The largest absolute Gasteiger partial charge is 0.416 e. The number of aromatic nitrogens is 1. The maximum atomic E-state index is 14.2. The minimum atomic E-state index is -6.13. The fourth-order valence-corrected chi connectivity index (χ4v) is 9.98. The molecule has 1 aromatic heterocycles. The molecule has 0 amide bonds. The first-order valence-electron chi connectivity index (χ1n) is 24.4. The third kappa shape index (κ3) is 13.6. The number of carbonyl (C=O) groups excluding carboxylic acids is 1. The second kappa shape index (κ2) is 22.4. The van der Waals surface area contributed by atoms with Crippen molar-refractivity contribution in [3.63, 3.8) is 0 Å². The lowest BCUT2D eigenvalue weighted by atomic mass is 9.12. The molecular formula is C59H32BF24NO. The van der Waals surface area contributed by atoms with Crippen LogP contribution < -0.4 is 26.4 Å². The van der Waals surface area contributed by atoms with Crippen LogP contribution in [0.1, 0.15) is 54.9 Å². The van der Waals surface area contributed by atoms with Gasteiger partial charge in [0.05, 0.1) is 44.5 Å². The first-order valence-corrected chi connectivity index (χ1v) is 24.4. The average molecular weight is 1240 g/mol. The fraction of sp³-hybridized carbons (Fsp3) is 0.153. The van der Waals surface area contributed by atoms with E-state index in [1.54, 1.807) is 0 Å². The Kier molecular flexibility index (Phi) is 16.5. The number of fused-ring (bicyclic) bond motifs is 2. The molecular weight excluding hydrogens is 1210 g/mol. The van der Waals surface area contributed by atoms with Gasteiger partial charge in [0.2, 0.25) is 23.5 Å². The Labute approximate surface area is 468 Å². The summed E-state index contributed by atoms with van der Waals surface area (Å²) >= 11 is 0. The number of halogens is 24. The van der Waals surface area contributed by atoms with Crippen molar-refractivity contribution in [1.82, 2.24) is 0 Å². The minimum absolute atomic E-state index is 0.107. The Hall–Kier alpha value is -8.52. The quantitative estimate of drug-likeness (QED) is 0.0643. The molecule has 0 saturated carbocycles. The minimum Gasteiger partial charge on any atom is -0.287 e. The van der Waals surface area contributed by atoms with E-state index in [0.29, 0.717) is 6.54 Å². The number of hydrogen-bond acceptors (Lipinski definition) is 1. The summed E-state index contributed by atoms with van der Waals surface area (Å²) < 4.78 is 343. The third-order valence-electron chi connectivity index (χ3n) is 13.8. The van der Waals surface area contributed by atoms with Gasteiger partial charge in [-0.3, -0.25) is 4.79 Å². The number of ketones is 1. The van der Waals surface area contributed by atoms with Crippen LogP contribution in [0, 0.1) is 0 Å². The zero-order chi connectivity index (χ0) is 63.5. The molecule has 86 heavy (non-hydrogen) atoms. The molecule has 0 atom stereocenters. The van der Waals surface area contributed by atoms with Crippen molar-refractivity contribution < 1.29 is 115 Å². The summed E-state index contributed by atoms with van der Waals surface area (Å²) in [6.07, 6.45) is -54.8. The number of carbonyl (C=O) groups is 1. The number of para-hydroxylation sites is 1. The van der Waals surface area contributed by atoms with E-state index in [1.165, 1.54) is 11.1 Å². The Bertz CT molecular complexity index is 3470. The van der Waals surface area contributed by atoms with E-state index in [9.17, 15) is 110 Å². The standard InChI is InChI=1S/C32H12BF24.C27H20NO/c34-25(35,36)13-1-14(26(37,38)39)6-21(5-13)33(22-7-15(27(40,41)42)2-16(8-22)28(43,44)45,23-9-17(29(46,47)48)3-18(10-23)30(49,50)51)24-11-19(31(52,53)54)4-20(12-24)32(55,56)57;29-27(21-10-3-1-4-11-21)19-28-25-14-8-7-9-20(25)15-16-26(28)24-17-22-12-5-2-6-13-23(22)18-24/h1-12H;1-18H,19H2/q-1;+1. The molecule has 0 N–H and O–H groups in total. The maximum absolute atomic E-state index is 14.2. The second-order valence-corrected chi connectivity index (χ2v) is 19.4. The van der Waals surface area contributed by atoms with Gasteiger partial charge in [0.15, 0.2) is 0 Å². The maximum Gasteiger partial charge on any atom is 0.416 e. The van der Waals surface area contributed by atoms with Crippen LogP contribution in [0.25, 0.3) is 33.3 Å². The van der Waals surface area contributed by atoms with E-state index in [-0.39, 0.29) is 5.78 Å². The molecule has 9 rings (SSSR count). The predicted octanol–water partition coefficient (Wildman–Crippen LogP) is 17.0. The number of alkyl halides is 24. The summed E-state index contributed by atoms with van der Waals surface area (Å²) in [5, 5.41) is 1.12. The highest BCUT2D eigenvalue weighted by molar-refractivity contribution is 7.20. The molecule has 0 aliphatic heterocycles. The monoisotopic (exact) mass is 1240 g/mol. The van der Waals surface area contributed by atoms with Crippen LogP contribution in [0.2, 0.25) is 0 Å². The number of benzene rings is 6. The van der Waals surface area contributed by atoms with Crippen molar-refractivity contribution in [2.45, 2.75) is 56.0 Å². The Balaban J connectivity index is 0.000000274. The summed E-state index contributed by atoms with van der Waals surface area (Å²) in [5.74, 6) is 0.107. The van der Waals surface area contributed by atoms with Crippen molar-refractivity contribution >= 4 is 44.7 Å². The van der Waals surface area contributed by atoms with Gasteiger partial charge >= 0.3 is 49.4 Å². The van der Waals surface area contributed by atoms with E-state index in [1.807, 2.05) is 48.5 Å². The van der Waals surface area contributed by atoms with Crippen molar-refractivity contribution in [2.24, 2.45) is 0 Å². The summed E-state index contributed by atoms with van der Waals surface area (Å²) in [7, 11) is 0. The van der Waals surface area contributed by atoms with Gasteiger partial charge < -0.3 is 0 Å². The van der Waals surface area contributed by atoms with Crippen molar-refractivity contribution in [3.8, 4) is 22.4 Å². The van der Waals surface area contributed by atoms with E-state index in [2.05, 4.69) is 65.2 Å². The van der Waals surface area contributed by atoms with Gasteiger partial charge in [0, 0.05) is 28.6 Å². The summed E-state index contributed by atoms with van der Waals surface area (Å²) in [6, 6.07) is 28.0. The molecule has 0 saturated heterocycles. The molecule has 450 valence electrons. The van der Waals surface area contributed by atoms with Gasteiger partial charge in [0.1, 0.15) is 6.15 Å². The molecule has 0 bridgehead atoms. The lowest BCUT2D eigenvalue weighted by Gasteiger charge is -2.46. The van der Waals surface area contributed by atoms with Gasteiger partial charge in [0.25, 0.3) is 0 Å². The van der Waals surface area contributed by atoms with Crippen LogP contribution >= 0.6 is 0 Å². The van der Waals surface area contributed by atoms with Crippen molar-refractivity contribution in [3.05, 3.63) is 232 Å². The second-order valence-electron chi connectivity index (χ2n) is 19.4. The molecule has 0 spiro atoms. The zero-order valence-electron chi connectivity index (χ0n) is 42.5. The molecule has 1 heterocycles. The topological polar surface area (TPSA) is 20.9 Å². The van der Waals surface area contributed by atoms with Gasteiger partial charge in [-0.25, -0.2) is 0 Å². The highest BCUT2D eigenvalue weighted by atomic mass is 19.4. The smallest absolute Gasteiger partial charge is 0.287 e. The molecule has 2 aliphatic carbocycles. The van der Waals surface area contributed by atoms with Gasteiger partial charge in [-0.05, 0) is 59.7 Å². The van der Waals surface area contributed by atoms with E-state index in [4.69, 9.17) is 0 Å². The molecule has 0 radical (unpaired) electrons. The van der Waals surface area contributed by atoms with Crippen LogP contribution in [0.15, 0.2) is 182 Å². The van der Waals surface area contributed by atoms with E-state index in [0.717, 1.165) is 27.7 Å². The van der Waals surface area contributed by atoms with Gasteiger partial charge in [-0.2, -0.15) is 132 Å². The number of hydrogen-bond donors (Lipinski definition) is 0. The number of rotatable bonds is 8. The van der Waals surface area contributed by atoms with Crippen LogP contribution in [-0.2, 0) is 56.0 Å². The fourth-order valence-electron chi connectivity index (χ4n) is 9.98. The van der Waals surface area contributed by atoms with Crippen molar-refractivity contribution in [1.29, 1.82) is 0 Å². The first-order chi connectivity index (χ1) is 39.6. The summed E-state index contributed by atoms with van der Waals surface area (Å²) in [4.78, 5) is 13.0. The lowest BCUT2D eigenvalue weighted by Crippen LogP contribution is -2.75. The first kappa shape index (κ1) is 63.5. The SMILES string of the molecule is FC(F)(F)c1cc([B-](c2cc(C(F)(F)F)cc(C(F)(F)F)c2)(c2cc(C(F)(F)F)cc(C(F)(F)F)c2)c2cc(C(F)(F)F)cc(C(F)(F)F)c2)cc(C(F)(F)F)c1.O=C(C[n+]1c(-c2cc3cccccc-3c2)ccc2ccccc21)c1ccccc1. The molecule has 27 heteroatoms. The molecule has 7 aromatic rings. The lowest BCUT2D eigenvalue weighted by molar-refractivity contribution is -0.646. The number of Topliss-reactive ketones (excluding diaryl/α,β-unsaturated/α-hetero) is 1. The molecule has 0 fully saturated rings. The van der Waals surface area contributed by atoms with Crippen LogP contribution in [-0.4, -0.2) is 11.9 Å². The van der Waals surface area contributed by atoms with Crippen LogP contribution in [0.4, 0.5) is 105 Å². The highest BCUT2D eigenvalue weighted by Gasteiger charge is 2.47. The number of nitrogens with zero attached hydrogens (tertiary/aromatic N) is 1. The van der Waals surface area contributed by atoms with Crippen LogP contribution in [0.3, 0.4) is 0 Å². The molecule has 6 aromatic carbocycles. The van der Waals surface area contributed by atoms with Crippen molar-refractivity contribution in [2.75, 3.05) is 0 Å². The predicted molar refractivity (Wildman–Crippen MR) is 267 cm³/mol. The molecule has 2 aliphatic rings. The zero-order valence-corrected chi connectivity index (χ0v) is 42.5. The number of pyridine rings is 1. The Morgan fingerprint density at radius 3 is 0.884 bits per heavy atom. The van der Waals surface area contributed by atoms with E-state index >= 15 is 0 Å². The molecule has 2 nitrogen and oxygen atoms in total. The van der Waals surface area contributed by atoms with Crippen LogP contribution in [0.5, 0.6) is 0 Å². The summed E-state index contributed by atoms with van der Waals surface area (Å²) in [5.41, 5.74) is -23.9. The van der Waals surface area contributed by atoms with Gasteiger partial charge in [-0.1, -0.05) is 121 Å². The van der Waals surface area contributed by atoms with E-state index < -0.39 is 195 Å². The summed E-state index contributed by atoms with van der Waals surface area (Å²) in [6.45, 7) is 0.302. The Morgan fingerprint density at radius 1 is 0.302 bits per heavy atom. The molecule has 0 unspecified atom stereocenters. The Morgan fingerprint density at radius 2 is 0.581 bits per heavy atom.